The molecule has 0 saturated heterocycles. The Hall–Kier alpha value is -6.22. The summed E-state index contributed by atoms with van der Waals surface area (Å²) >= 11 is 1.75. The standard InChI is InChI=1S/C62H58N4S/c1-38-22-43-23-39(2)32-61(31-38,35-43)52-16-11-45(12-17-52)49-27-50(48-15-21-55-54-20-10-42(37-63)26-56(54)67-57(55)30-48)29-51(28-49)60-65-58(46-8-6-5-7-9-46)64-59(66-60)47-13-18-53(19-14-47)62-33-40(3)24-44(36-62)25-41(4)34-62/h5-21,26-30,39-41,43-44H,1,22-25,31-36H2,2-4H3/t39-,40-,41+,43+,44-,61?,62?/m0/s1. The van der Waals surface area contributed by atoms with Gasteiger partial charge in [-0.1, -0.05) is 130 Å². The number of aromatic nitrogens is 3. The fraction of sp³-hybridized carbons (Fsp3) is 0.323. The highest BCUT2D eigenvalue weighted by Crippen LogP contribution is 2.55. The Balaban J connectivity index is 0.984. The molecule has 2 heterocycles. The second kappa shape index (κ2) is 16.5. The number of nitriles is 1. The highest BCUT2D eigenvalue weighted by molar-refractivity contribution is 7.25. The quantitative estimate of drug-likeness (QED) is 0.150. The maximum absolute atomic E-state index is 9.65. The SMILES string of the molecule is C=C1C[C@@H]2C[C@H](C)CC(c3ccc(-c4cc(-c5ccc6c(c5)sc5cc(C#N)ccc56)cc(-c5nc(-c6ccccc6)nc(-c6ccc(C78C[C@H](C)C[C@H](C[C@H](C)C7)C8)cc6)n5)c4)cc3)(C1)C2. The van der Waals surface area contributed by atoms with Crippen LogP contribution in [0, 0.1) is 40.9 Å². The van der Waals surface area contributed by atoms with Crippen LogP contribution in [0.1, 0.15) is 102 Å². The summed E-state index contributed by atoms with van der Waals surface area (Å²) in [5, 5.41) is 12.0. The van der Waals surface area contributed by atoms with Gasteiger partial charge < -0.3 is 0 Å². The first-order valence-corrected chi connectivity index (χ1v) is 25.6. The van der Waals surface area contributed by atoms with Crippen molar-refractivity contribution in [3.8, 4) is 62.5 Å². The molecule has 4 aliphatic rings. The monoisotopic (exact) mass is 890 g/mol. The van der Waals surface area contributed by atoms with E-state index >= 15 is 0 Å². The number of fused-ring (bicyclic) bond motifs is 7. The van der Waals surface area contributed by atoms with Crippen molar-refractivity contribution in [1.82, 2.24) is 15.0 Å². The van der Waals surface area contributed by atoms with Crippen molar-refractivity contribution in [2.45, 2.75) is 95.8 Å². The fourth-order valence-corrected chi connectivity index (χ4v) is 15.3. The molecule has 0 aliphatic heterocycles. The first kappa shape index (κ1) is 42.2. The van der Waals surface area contributed by atoms with Gasteiger partial charge in [0, 0.05) is 36.9 Å². The van der Waals surface area contributed by atoms with Crippen molar-refractivity contribution in [2.75, 3.05) is 0 Å². The van der Waals surface area contributed by atoms with Gasteiger partial charge in [0.2, 0.25) is 0 Å². The molecule has 5 heteroatoms. The Morgan fingerprint density at radius 1 is 0.507 bits per heavy atom. The molecule has 0 spiro atoms. The molecule has 4 saturated carbocycles. The van der Waals surface area contributed by atoms with Gasteiger partial charge in [-0.15, -0.1) is 11.3 Å². The van der Waals surface area contributed by atoms with Crippen LogP contribution in [0.2, 0.25) is 0 Å². The largest absolute Gasteiger partial charge is 0.208 e. The zero-order valence-corrected chi connectivity index (χ0v) is 39.9. The Bertz CT molecular complexity index is 3230. The molecule has 4 aliphatic carbocycles. The lowest BCUT2D eigenvalue weighted by Crippen LogP contribution is -2.42. The van der Waals surface area contributed by atoms with Crippen LogP contribution in [0.3, 0.4) is 0 Å². The maximum Gasteiger partial charge on any atom is 0.164 e. The Morgan fingerprint density at radius 3 is 1.69 bits per heavy atom. The molecule has 0 radical (unpaired) electrons. The minimum atomic E-state index is 0.177. The number of hydrogen-bond donors (Lipinski definition) is 0. The van der Waals surface area contributed by atoms with Crippen LogP contribution in [0.4, 0.5) is 0 Å². The van der Waals surface area contributed by atoms with E-state index in [9.17, 15) is 5.26 Å². The van der Waals surface area contributed by atoms with E-state index in [1.807, 2.05) is 18.2 Å². The van der Waals surface area contributed by atoms with Crippen LogP contribution < -0.4 is 0 Å². The highest BCUT2D eigenvalue weighted by atomic mass is 32.1. The predicted octanol–water partition coefficient (Wildman–Crippen LogP) is 16.6. The van der Waals surface area contributed by atoms with Crippen molar-refractivity contribution in [2.24, 2.45) is 29.6 Å². The summed E-state index contributed by atoms with van der Waals surface area (Å²) in [6, 6.07) is 51.2. The predicted molar refractivity (Wildman–Crippen MR) is 278 cm³/mol. The van der Waals surface area contributed by atoms with Crippen molar-refractivity contribution in [3.63, 3.8) is 0 Å². The average Bonchev–Trinajstić information content (AvgIpc) is 3.70. The average molecular weight is 891 g/mol. The van der Waals surface area contributed by atoms with E-state index in [0.29, 0.717) is 23.0 Å². The van der Waals surface area contributed by atoms with E-state index in [4.69, 9.17) is 15.0 Å². The third-order valence-electron chi connectivity index (χ3n) is 16.3. The number of rotatable bonds is 7. The Labute approximate surface area is 399 Å². The van der Waals surface area contributed by atoms with E-state index in [0.717, 1.165) is 74.1 Å². The van der Waals surface area contributed by atoms with Gasteiger partial charge in [0.05, 0.1) is 11.6 Å². The first-order chi connectivity index (χ1) is 32.6. The zero-order chi connectivity index (χ0) is 45.4. The molecule has 4 nitrogen and oxygen atoms in total. The fourth-order valence-electron chi connectivity index (χ4n) is 14.1. The summed E-state index contributed by atoms with van der Waals surface area (Å²) in [6.45, 7) is 11.9. The second-order valence-corrected chi connectivity index (χ2v) is 22.8. The van der Waals surface area contributed by atoms with Crippen LogP contribution in [-0.2, 0) is 10.8 Å². The number of nitrogens with zero attached hydrogens (tertiary/aromatic N) is 4. The minimum absolute atomic E-state index is 0.177. The molecule has 2 aromatic heterocycles. The number of thiophene rings is 1. The van der Waals surface area contributed by atoms with Gasteiger partial charge in [0.25, 0.3) is 0 Å². The third kappa shape index (κ3) is 7.82. The number of allylic oxidation sites excluding steroid dienone is 1. The second-order valence-electron chi connectivity index (χ2n) is 21.7. The Morgan fingerprint density at radius 2 is 1.01 bits per heavy atom. The van der Waals surface area contributed by atoms with Gasteiger partial charge in [-0.05, 0) is 174 Å². The van der Waals surface area contributed by atoms with Crippen molar-refractivity contribution in [1.29, 1.82) is 5.26 Å². The van der Waals surface area contributed by atoms with Crippen molar-refractivity contribution < 1.29 is 0 Å². The number of benzene rings is 6. The van der Waals surface area contributed by atoms with E-state index in [1.165, 1.54) is 95.5 Å². The van der Waals surface area contributed by atoms with Crippen molar-refractivity contribution >= 4 is 31.5 Å². The van der Waals surface area contributed by atoms with Crippen LogP contribution in [0.25, 0.3) is 76.6 Å². The molecule has 6 aromatic carbocycles. The van der Waals surface area contributed by atoms with Gasteiger partial charge in [-0.25, -0.2) is 15.0 Å². The molecule has 2 unspecified atom stereocenters. The van der Waals surface area contributed by atoms with E-state index in [1.54, 1.807) is 11.3 Å². The van der Waals surface area contributed by atoms with Gasteiger partial charge in [-0.2, -0.15) is 5.26 Å². The smallest absolute Gasteiger partial charge is 0.164 e. The molecule has 0 amide bonds. The Kier molecular flexibility index (Phi) is 10.4. The normalized spacial score (nSPS) is 25.8. The third-order valence-corrected chi connectivity index (χ3v) is 17.4. The molecule has 12 rings (SSSR count). The highest BCUT2D eigenvalue weighted by Gasteiger charge is 2.46. The lowest BCUT2D eigenvalue weighted by molar-refractivity contribution is 0.0780. The maximum atomic E-state index is 9.65. The summed E-state index contributed by atoms with van der Waals surface area (Å²) in [5.74, 6) is 5.83. The number of hydrogen-bond acceptors (Lipinski definition) is 5. The lowest BCUT2D eigenvalue weighted by atomic mass is 9.54. The summed E-state index contributed by atoms with van der Waals surface area (Å²) in [6.07, 6.45) is 12.7. The van der Waals surface area contributed by atoms with Gasteiger partial charge in [-0.3, -0.25) is 0 Å². The zero-order valence-electron chi connectivity index (χ0n) is 39.1. The van der Waals surface area contributed by atoms with E-state index in [2.05, 4.69) is 149 Å². The van der Waals surface area contributed by atoms with Gasteiger partial charge in [0.15, 0.2) is 17.5 Å². The topological polar surface area (TPSA) is 62.5 Å². The van der Waals surface area contributed by atoms with E-state index < -0.39 is 0 Å². The molecule has 332 valence electrons. The molecule has 0 N–H and O–H groups in total. The molecular weight excluding hydrogens is 833 g/mol. The molecule has 4 fully saturated rings. The molecule has 8 aromatic rings. The van der Waals surface area contributed by atoms with Gasteiger partial charge in [0.1, 0.15) is 0 Å². The summed E-state index contributed by atoms with van der Waals surface area (Å²) in [4.78, 5) is 15.8. The molecule has 67 heavy (non-hydrogen) atoms. The molecule has 7 atom stereocenters. The van der Waals surface area contributed by atoms with Gasteiger partial charge >= 0.3 is 0 Å². The van der Waals surface area contributed by atoms with Crippen LogP contribution in [-0.4, -0.2) is 15.0 Å². The summed E-state index contributed by atoms with van der Waals surface area (Å²) in [7, 11) is 0. The summed E-state index contributed by atoms with van der Waals surface area (Å²) < 4.78 is 2.33. The molecular formula is C62H58N4S. The van der Waals surface area contributed by atoms with Crippen LogP contribution in [0.5, 0.6) is 0 Å². The van der Waals surface area contributed by atoms with Crippen molar-refractivity contribution in [3.05, 3.63) is 162 Å². The van der Waals surface area contributed by atoms with Crippen LogP contribution >= 0.6 is 11.3 Å². The van der Waals surface area contributed by atoms with Crippen LogP contribution in [0.15, 0.2) is 146 Å². The molecule has 4 bridgehead atoms. The summed E-state index contributed by atoms with van der Waals surface area (Å²) in [5.41, 5.74) is 12.9. The lowest BCUT2D eigenvalue weighted by Gasteiger charge is -2.50. The first-order valence-electron chi connectivity index (χ1n) is 24.8. The van der Waals surface area contributed by atoms with E-state index in [-0.39, 0.29) is 10.8 Å². The minimum Gasteiger partial charge on any atom is -0.208 e.